The van der Waals surface area contributed by atoms with E-state index in [0.29, 0.717) is 0 Å². The van der Waals surface area contributed by atoms with E-state index in [-0.39, 0.29) is 44.9 Å². The maximum atomic E-state index is 13.2. The van der Waals surface area contributed by atoms with Gasteiger partial charge in [0.05, 0.1) is 13.2 Å². The molecule has 2 atom stereocenters. The van der Waals surface area contributed by atoms with Crippen molar-refractivity contribution in [2.75, 3.05) is 25.5 Å². The number of halogens is 1. The average Bonchev–Trinajstić information content (AvgIpc) is 2.77. The number of nitrogens with one attached hydrogen (secondary N) is 1. The highest BCUT2D eigenvalue weighted by Crippen LogP contribution is 2.15. The molecule has 1 rings (SSSR count). The summed E-state index contributed by atoms with van der Waals surface area (Å²) in [5.41, 5.74) is 6.56. The lowest BCUT2D eigenvalue weighted by molar-refractivity contribution is -0.150. The Hall–Kier alpha value is -2.11. The molecular weight excluding hydrogens is 502 g/mol. The number of nitrogens with two attached hydrogens (primary N) is 1. The molecule has 0 spiro atoms. The molecule has 0 bridgehead atoms. The van der Waals surface area contributed by atoms with Gasteiger partial charge in [0.25, 0.3) is 0 Å². The molecule has 178 valence electrons. The maximum Gasteiger partial charge on any atom is 0.325 e. The SMILES string of the molecule is CCOC(=O)CN(Cc1ccccc1)C(=O)C(CSBr)NC(=O)CCC(N)C(=O)OCC. The molecule has 0 radical (unpaired) electrons. The summed E-state index contributed by atoms with van der Waals surface area (Å²) in [6.45, 7) is 3.70. The minimum absolute atomic E-state index is 0.0483. The number of benzene rings is 1. The van der Waals surface area contributed by atoms with Gasteiger partial charge in [-0.05, 0) is 40.6 Å². The lowest BCUT2D eigenvalue weighted by atomic mass is 10.1. The van der Waals surface area contributed by atoms with Crippen LogP contribution in [0.2, 0.25) is 0 Å². The van der Waals surface area contributed by atoms with Crippen molar-refractivity contribution < 1.29 is 28.7 Å². The van der Waals surface area contributed by atoms with E-state index in [1.807, 2.05) is 30.3 Å². The molecule has 1 aromatic rings. The van der Waals surface area contributed by atoms with Gasteiger partial charge >= 0.3 is 11.9 Å². The Labute approximate surface area is 199 Å². The molecule has 0 heterocycles. The van der Waals surface area contributed by atoms with Crippen LogP contribution in [0.15, 0.2) is 30.3 Å². The van der Waals surface area contributed by atoms with Crippen LogP contribution in [0.4, 0.5) is 0 Å². The van der Waals surface area contributed by atoms with Crippen LogP contribution in [0.25, 0.3) is 0 Å². The number of hydrogen-bond acceptors (Lipinski definition) is 8. The summed E-state index contributed by atoms with van der Waals surface area (Å²) in [6, 6.07) is 7.41. The number of esters is 2. The zero-order chi connectivity index (χ0) is 23.9. The number of amides is 2. The van der Waals surface area contributed by atoms with Gasteiger partial charge in [-0.25, -0.2) is 0 Å². The minimum Gasteiger partial charge on any atom is -0.465 e. The number of hydrogen-bond donors (Lipinski definition) is 2. The number of carbonyl (C=O) groups is 4. The molecule has 0 saturated carbocycles. The van der Waals surface area contributed by atoms with Gasteiger partial charge in [0.15, 0.2) is 0 Å². The van der Waals surface area contributed by atoms with Crippen LogP contribution in [-0.4, -0.2) is 66.2 Å². The van der Waals surface area contributed by atoms with Gasteiger partial charge in [0.1, 0.15) is 18.6 Å². The number of ether oxygens (including phenoxy) is 2. The van der Waals surface area contributed by atoms with Gasteiger partial charge in [-0.3, -0.25) is 19.2 Å². The van der Waals surface area contributed by atoms with Crippen LogP contribution in [0.5, 0.6) is 0 Å². The predicted octanol–water partition coefficient (Wildman–Crippen LogP) is 1.78. The standard InChI is InChI=1S/C21H30BrN3O6S/c1-3-30-19(27)13-25(12-15-8-6-5-7-9-15)20(28)17(14-32-22)24-18(26)11-10-16(23)21(29)31-4-2/h5-9,16-17H,3-4,10-14,23H2,1-2H3,(H,24,26). The second-order valence-electron chi connectivity index (χ2n) is 6.78. The van der Waals surface area contributed by atoms with E-state index >= 15 is 0 Å². The van der Waals surface area contributed by atoms with Gasteiger partial charge < -0.3 is 25.4 Å². The highest BCUT2D eigenvalue weighted by atomic mass is 79.9. The van der Waals surface area contributed by atoms with Crippen molar-refractivity contribution in [2.24, 2.45) is 5.73 Å². The molecule has 0 aromatic heterocycles. The monoisotopic (exact) mass is 531 g/mol. The van der Waals surface area contributed by atoms with Crippen LogP contribution in [-0.2, 0) is 35.2 Å². The van der Waals surface area contributed by atoms with Gasteiger partial charge in [0.2, 0.25) is 11.8 Å². The summed E-state index contributed by atoms with van der Waals surface area (Å²) in [5.74, 6) is -1.72. The van der Waals surface area contributed by atoms with Crippen LogP contribution >= 0.6 is 25.0 Å². The van der Waals surface area contributed by atoms with Crippen molar-refractivity contribution in [1.29, 1.82) is 0 Å². The Kier molecular flexibility index (Phi) is 13.7. The summed E-state index contributed by atoms with van der Waals surface area (Å²) in [5, 5.41) is 2.67. The largest absolute Gasteiger partial charge is 0.465 e. The van der Waals surface area contributed by atoms with E-state index in [4.69, 9.17) is 15.2 Å². The Morgan fingerprint density at radius 1 is 1.12 bits per heavy atom. The maximum absolute atomic E-state index is 13.2. The third kappa shape index (κ3) is 10.5. The molecule has 1 aromatic carbocycles. The summed E-state index contributed by atoms with van der Waals surface area (Å²) in [7, 11) is 1.20. The molecule has 32 heavy (non-hydrogen) atoms. The van der Waals surface area contributed by atoms with E-state index in [1.165, 1.54) is 15.1 Å². The molecule has 2 unspecified atom stereocenters. The first-order valence-corrected chi connectivity index (χ1v) is 13.1. The minimum atomic E-state index is -0.918. The molecule has 0 aliphatic heterocycles. The Morgan fingerprint density at radius 3 is 2.38 bits per heavy atom. The Balaban J connectivity index is 2.85. The summed E-state index contributed by atoms with van der Waals surface area (Å²) >= 11 is 3.22. The zero-order valence-corrected chi connectivity index (χ0v) is 20.7. The predicted molar refractivity (Wildman–Crippen MR) is 126 cm³/mol. The molecular formula is C21H30BrN3O6S. The molecule has 0 fully saturated rings. The smallest absolute Gasteiger partial charge is 0.325 e. The van der Waals surface area contributed by atoms with Crippen molar-refractivity contribution in [2.45, 2.75) is 45.3 Å². The molecule has 0 aliphatic carbocycles. The lowest BCUT2D eigenvalue weighted by Gasteiger charge is -2.27. The second-order valence-corrected chi connectivity index (χ2v) is 8.70. The topological polar surface area (TPSA) is 128 Å². The van der Waals surface area contributed by atoms with Gasteiger partial charge in [0, 0.05) is 18.7 Å². The fraction of sp³-hybridized carbons (Fsp3) is 0.524. The Morgan fingerprint density at radius 2 is 1.78 bits per heavy atom. The molecule has 9 nitrogen and oxygen atoms in total. The van der Waals surface area contributed by atoms with Crippen LogP contribution in [0.1, 0.15) is 32.3 Å². The average molecular weight is 532 g/mol. The van der Waals surface area contributed by atoms with E-state index < -0.39 is 35.8 Å². The summed E-state index contributed by atoms with van der Waals surface area (Å²) < 4.78 is 9.82. The van der Waals surface area contributed by atoms with Crippen molar-refractivity contribution in [3.8, 4) is 0 Å². The van der Waals surface area contributed by atoms with E-state index in [0.717, 1.165) is 5.56 Å². The van der Waals surface area contributed by atoms with Gasteiger partial charge in [-0.15, -0.1) is 0 Å². The highest BCUT2D eigenvalue weighted by molar-refractivity contribution is 9.50. The molecule has 0 saturated heterocycles. The third-order valence-electron chi connectivity index (χ3n) is 4.29. The first kappa shape index (κ1) is 27.9. The Bertz CT molecular complexity index is 752. The van der Waals surface area contributed by atoms with Crippen molar-refractivity contribution in [3.63, 3.8) is 0 Å². The van der Waals surface area contributed by atoms with E-state index in [1.54, 1.807) is 13.8 Å². The number of nitrogens with zero attached hydrogens (tertiary/aromatic N) is 1. The van der Waals surface area contributed by atoms with Gasteiger partial charge in [-0.2, -0.15) is 0 Å². The molecule has 2 amide bonds. The summed E-state index contributed by atoms with van der Waals surface area (Å²) in [6.07, 6.45) is 0.0386. The summed E-state index contributed by atoms with van der Waals surface area (Å²) in [4.78, 5) is 50.7. The molecule has 3 N–H and O–H groups in total. The molecule has 11 heteroatoms. The first-order chi connectivity index (χ1) is 15.3. The van der Waals surface area contributed by atoms with E-state index in [2.05, 4.69) is 20.1 Å². The van der Waals surface area contributed by atoms with Crippen LogP contribution in [0.3, 0.4) is 0 Å². The number of carbonyl (C=O) groups excluding carboxylic acids is 4. The lowest BCUT2D eigenvalue weighted by Crippen LogP contribution is -2.51. The van der Waals surface area contributed by atoms with E-state index in [9.17, 15) is 19.2 Å². The normalized spacial score (nSPS) is 12.4. The second kappa shape index (κ2) is 15.7. The fourth-order valence-corrected chi connectivity index (χ4v) is 3.90. The third-order valence-corrected chi connectivity index (χ3v) is 5.54. The number of rotatable bonds is 14. The quantitative estimate of drug-likeness (QED) is 0.347. The zero-order valence-electron chi connectivity index (χ0n) is 18.3. The van der Waals surface area contributed by atoms with Gasteiger partial charge in [-0.1, -0.05) is 40.5 Å². The van der Waals surface area contributed by atoms with Crippen molar-refractivity contribution in [1.82, 2.24) is 10.2 Å². The van der Waals surface area contributed by atoms with Crippen LogP contribution < -0.4 is 11.1 Å². The first-order valence-electron chi connectivity index (χ1n) is 10.3. The van der Waals surface area contributed by atoms with Crippen molar-refractivity contribution in [3.05, 3.63) is 35.9 Å². The molecule has 0 aliphatic rings. The fourth-order valence-electron chi connectivity index (χ4n) is 2.76. The van der Waals surface area contributed by atoms with Crippen molar-refractivity contribution >= 4 is 48.8 Å². The highest BCUT2D eigenvalue weighted by Gasteiger charge is 2.28. The van der Waals surface area contributed by atoms with Crippen LogP contribution in [0, 0.1) is 0 Å².